The molecule has 0 saturated heterocycles. The van der Waals surface area contributed by atoms with Crippen molar-refractivity contribution in [3.8, 4) is 0 Å². The number of aromatic nitrogens is 1. The molecular formula is C7H10N2O3. The molecule has 0 unspecified atom stereocenters. The average Bonchev–Trinajstić information content (AvgIpc) is 2.56. The molecule has 0 radical (unpaired) electrons. The van der Waals surface area contributed by atoms with Gasteiger partial charge in [0, 0.05) is 12.1 Å². The van der Waals surface area contributed by atoms with Crippen LogP contribution in [0.3, 0.4) is 0 Å². The Hall–Kier alpha value is -1.36. The molecule has 5 heteroatoms. The van der Waals surface area contributed by atoms with Crippen molar-refractivity contribution >= 4 is 5.91 Å². The number of aliphatic hydroxyl groups excluding tert-OH is 1. The van der Waals surface area contributed by atoms with E-state index in [4.69, 9.17) is 5.11 Å². The monoisotopic (exact) mass is 170 g/mol. The first kappa shape index (κ1) is 8.73. The van der Waals surface area contributed by atoms with Gasteiger partial charge >= 0.3 is 0 Å². The molecule has 0 fully saturated rings. The third kappa shape index (κ3) is 2.06. The molecule has 1 atom stereocenters. The molecule has 0 saturated carbocycles. The number of aliphatic hydroxyl groups is 1. The number of amides is 1. The smallest absolute Gasteiger partial charge is 0.290 e. The second-order valence-corrected chi connectivity index (χ2v) is 2.43. The molecule has 5 nitrogen and oxygen atoms in total. The molecule has 1 amide bonds. The van der Waals surface area contributed by atoms with Gasteiger partial charge in [-0.2, -0.15) is 0 Å². The molecule has 2 N–H and O–H groups in total. The van der Waals surface area contributed by atoms with Gasteiger partial charge in [0.05, 0.1) is 12.8 Å². The molecule has 0 aromatic carbocycles. The summed E-state index contributed by atoms with van der Waals surface area (Å²) >= 11 is 0. The highest BCUT2D eigenvalue weighted by atomic mass is 16.5. The highest BCUT2D eigenvalue weighted by Crippen LogP contribution is 1.96. The molecule has 0 aliphatic heterocycles. The lowest BCUT2D eigenvalue weighted by Gasteiger charge is -2.07. The Morgan fingerprint density at radius 2 is 2.67 bits per heavy atom. The number of carbonyl (C=O) groups excluding carboxylic acids is 1. The summed E-state index contributed by atoms with van der Waals surface area (Å²) in [6.07, 6.45) is 1.39. The van der Waals surface area contributed by atoms with E-state index in [1.165, 1.54) is 12.3 Å². The third-order valence-corrected chi connectivity index (χ3v) is 1.31. The summed E-state index contributed by atoms with van der Waals surface area (Å²) in [4.78, 5) is 11.1. The Kier molecular flexibility index (Phi) is 2.82. The van der Waals surface area contributed by atoms with Crippen molar-refractivity contribution in [2.24, 2.45) is 0 Å². The van der Waals surface area contributed by atoms with Crippen molar-refractivity contribution in [3.05, 3.63) is 18.0 Å². The minimum absolute atomic E-state index is 0.0973. The second-order valence-electron chi connectivity index (χ2n) is 2.43. The van der Waals surface area contributed by atoms with Gasteiger partial charge < -0.3 is 14.9 Å². The van der Waals surface area contributed by atoms with E-state index in [0.29, 0.717) is 0 Å². The fourth-order valence-electron chi connectivity index (χ4n) is 0.673. The van der Waals surface area contributed by atoms with Crippen LogP contribution in [0, 0.1) is 0 Å². The molecule has 1 heterocycles. The summed E-state index contributed by atoms with van der Waals surface area (Å²) < 4.78 is 4.60. The summed E-state index contributed by atoms with van der Waals surface area (Å²) in [5.74, 6) is -0.218. The van der Waals surface area contributed by atoms with Gasteiger partial charge in [0.15, 0.2) is 0 Å². The Bertz CT molecular complexity index is 245. The minimum Gasteiger partial charge on any atom is -0.394 e. The van der Waals surface area contributed by atoms with Crippen LogP contribution < -0.4 is 5.32 Å². The van der Waals surface area contributed by atoms with E-state index in [1.54, 1.807) is 6.92 Å². The van der Waals surface area contributed by atoms with Crippen LogP contribution in [0.15, 0.2) is 16.8 Å². The van der Waals surface area contributed by atoms with Crippen LogP contribution >= 0.6 is 0 Å². The molecule has 0 bridgehead atoms. The number of nitrogens with zero attached hydrogens (tertiary/aromatic N) is 1. The summed E-state index contributed by atoms with van der Waals surface area (Å²) in [7, 11) is 0. The lowest BCUT2D eigenvalue weighted by molar-refractivity contribution is 0.0885. The first-order valence-corrected chi connectivity index (χ1v) is 3.56. The SMILES string of the molecule is C[C@H](CO)NC(=O)c1ccno1. The summed E-state index contributed by atoms with van der Waals surface area (Å²) in [6.45, 7) is 1.59. The Morgan fingerprint density at radius 3 is 3.17 bits per heavy atom. The average molecular weight is 170 g/mol. The predicted molar refractivity (Wildman–Crippen MR) is 40.5 cm³/mol. The molecule has 1 aromatic heterocycles. The van der Waals surface area contributed by atoms with Crippen molar-refractivity contribution in [3.63, 3.8) is 0 Å². The van der Waals surface area contributed by atoms with Crippen LogP contribution in [0.2, 0.25) is 0 Å². The van der Waals surface area contributed by atoms with E-state index >= 15 is 0 Å². The topological polar surface area (TPSA) is 75.4 Å². The van der Waals surface area contributed by atoms with Crippen LogP contribution in [0.25, 0.3) is 0 Å². The van der Waals surface area contributed by atoms with Gasteiger partial charge in [-0.15, -0.1) is 0 Å². The predicted octanol–water partition coefficient (Wildman–Crippen LogP) is -0.215. The summed E-state index contributed by atoms with van der Waals surface area (Å²) in [6, 6.07) is 1.18. The number of nitrogens with one attached hydrogen (secondary N) is 1. The molecular weight excluding hydrogens is 160 g/mol. The van der Waals surface area contributed by atoms with Crippen LogP contribution in [0.4, 0.5) is 0 Å². The molecule has 0 aliphatic rings. The maximum Gasteiger partial charge on any atom is 0.290 e. The van der Waals surface area contributed by atoms with Gasteiger partial charge in [-0.25, -0.2) is 0 Å². The molecule has 12 heavy (non-hydrogen) atoms. The maximum absolute atomic E-state index is 11.1. The Morgan fingerprint density at radius 1 is 1.92 bits per heavy atom. The maximum atomic E-state index is 11.1. The quantitative estimate of drug-likeness (QED) is 0.657. The summed E-state index contributed by atoms with van der Waals surface area (Å²) in [5.41, 5.74) is 0. The molecule has 0 aliphatic carbocycles. The normalized spacial score (nSPS) is 12.5. The van der Waals surface area contributed by atoms with E-state index in [2.05, 4.69) is 15.0 Å². The minimum atomic E-state index is -0.367. The van der Waals surface area contributed by atoms with Crippen LogP contribution in [0.5, 0.6) is 0 Å². The van der Waals surface area contributed by atoms with E-state index in [0.717, 1.165) is 0 Å². The second kappa shape index (κ2) is 3.87. The van der Waals surface area contributed by atoms with Crippen LogP contribution in [0.1, 0.15) is 17.5 Å². The first-order chi connectivity index (χ1) is 5.74. The number of carbonyl (C=O) groups is 1. The van der Waals surface area contributed by atoms with Crippen molar-refractivity contribution in [2.45, 2.75) is 13.0 Å². The number of hydrogen-bond donors (Lipinski definition) is 2. The zero-order valence-corrected chi connectivity index (χ0v) is 6.65. The molecule has 66 valence electrons. The highest BCUT2D eigenvalue weighted by molar-refractivity contribution is 5.91. The number of rotatable bonds is 3. The van der Waals surface area contributed by atoms with E-state index < -0.39 is 0 Å². The molecule has 1 rings (SSSR count). The standard InChI is InChI=1S/C7H10N2O3/c1-5(4-10)9-7(11)6-2-3-8-12-6/h2-3,5,10H,4H2,1H3,(H,9,11)/t5-/m1/s1. The van der Waals surface area contributed by atoms with E-state index in [1.807, 2.05) is 0 Å². The van der Waals surface area contributed by atoms with Gasteiger partial charge in [-0.3, -0.25) is 4.79 Å². The van der Waals surface area contributed by atoms with Gasteiger partial charge in [0.2, 0.25) is 5.76 Å². The van der Waals surface area contributed by atoms with Crippen molar-refractivity contribution in [1.29, 1.82) is 0 Å². The zero-order valence-electron chi connectivity index (χ0n) is 6.65. The lowest BCUT2D eigenvalue weighted by Crippen LogP contribution is -2.34. The lowest BCUT2D eigenvalue weighted by atomic mass is 10.3. The third-order valence-electron chi connectivity index (χ3n) is 1.31. The largest absolute Gasteiger partial charge is 0.394 e. The van der Waals surface area contributed by atoms with Crippen molar-refractivity contribution < 1.29 is 14.4 Å². The van der Waals surface area contributed by atoms with E-state index in [-0.39, 0.29) is 24.3 Å². The zero-order chi connectivity index (χ0) is 8.97. The Balaban J connectivity index is 2.50. The first-order valence-electron chi connectivity index (χ1n) is 3.56. The molecule has 0 spiro atoms. The van der Waals surface area contributed by atoms with Crippen LogP contribution in [-0.2, 0) is 0 Å². The van der Waals surface area contributed by atoms with E-state index in [9.17, 15) is 4.79 Å². The summed E-state index contributed by atoms with van der Waals surface area (Å²) in [5, 5.41) is 14.5. The Labute approximate surface area is 69.4 Å². The fourth-order valence-corrected chi connectivity index (χ4v) is 0.673. The number of hydrogen-bond acceptors (Lipinski definition) is 4. The fraction of sp³-hybridized carbons (Fsp3) is 0.429. The van der Waals surface area contributed by atoms with Gasteiger partial charge in [0.25, 0.3) is 5.91 Å². The van der Waals surface area contributed by atoms with Crippen molar-refractivity contribution in [1.82, 2.24) is 10.5 Å². The highest BCUT2D eigenvalue weighted by Gasteiger charge is 2.11. The molecule has 1 aromatic rings. The van der Waals surface area contributed by atoms with Crippen molar-refractivity contribution in [2.75, 3.05) is 6.61 Å². The van der Waals surface area contributed by atoms with Gasteiger partial charge in [0.1, 0.15) is 0 Å². The van der Waals surface area contributed by atoms with Gasteiger partial charge in [-0.05, 0) is 6.92 Å². The van der Waals surface area contributed by atoms with Crippen LogP contribution in [-0.4, -0.2) is 28.8 Å². The van der Waals surface area contributed by atoms with Gasteiger partial charge in [-0.1, -0.05) is 5.16 Å².